The Morgan fingerprint density at radius 3 is 2.77 bits per heavy atom. The van der Waals surface area contributed by atoms with E-state index in [4.69, 9.17) is 9.47 Å². The van der Waals surface area contributed by atoms with E-state index in [9.17, 15) is 4.79 Å². The van der Waals surface area contributed by atoms with Crippen molar-refractivity contribution in [1.29, 1.82) is 0 Å². The zero-order chi connectivity index (χ0) is 18.1. The fourth-order valence-electron chi connectivity index (χ4n) is 3.08. The number of benzene rings is 2. The minimum absolute atomic E-state index is 0.0316. The maximum Gasteiger partial charge on any atom is 0.255 e. The standard InChI is InChI=1S/C21H20N2O3/c1-14(2)23(12-15-7-8-19-20(9-15)26-13-25-19)21(24)17-10-16-5-3-4-6-18(16)22-11-17/h3-11,14H,12-13H2,1-2H3. The number of ether oxygens (including phenoxy) is 2. The molecule has 2 heterocycles. The highest BCUT2D eigenvalue weighted by atomic mass is 16.7. The van der Waals surface area contributed by atoms with Gasteiger partial charge in [-0.3, -0.25) is 9.78 Å². The third kappa shape index (κ3) is 3.08. The van der Waals surface area contributed by atoms with Crippen molar-refractivity contribution in [3.05, 3.63) is 65.9 Å². The zero-order valence-corrected chi connectivity index (χ0v) is 14.8. The Kier molecular flexibility index (Phi) is 4.21. The molecule has 2 aromatic carbocycles. The van der Waals surface area contributed by atoms with Gasteiger partial charge in [-0.25, -0.2) is 0 Å². The molecule has 1 amide bonds. The van der Waals surface area contributed by atoms with Gasteiger partial charge in [-0.05, 0) is 43.7 Å². The Morgan fingerprint density at radius 2 is 1.92 bits per heavy atom. The number of carbonyl (C=O) groups excluding carboxylic acids is 1. The van der Waals surface area contributed by atoms with Crippen LogP contribution < -0.4 is 9.47 Å². The second-order valence-corrected chi connectivity index (χ2v) is 6.63. The van der Waals surface area contributed by atoms with Crippen molar-refractivity contribution < 1.29 is 14.3 Å². The van der Waals surface area contributed by atoms with Crippen molar-refractivity contribution in [2.45, 2.75) is 26.4 Å². The first-order valence-corrected chi connectivity index (χ1v) is 8.66. The molecule has 0 N–H and O–H groups in total. The molecule has 0 aliphatic carbocycles. The molecule has 26 heavy (non-hydrogen) atoms. The number of para-hydroxylation sites is 1. The third-order valence-corrected chi connectivity index (χ3v) is 4.51. The summed E-state index contributed by atoms with van der Waals surface area (Å²) in [5.74, 6) is 1.44. The largest absolute Gasteiger partial charge is 0.454 e. The van der Waals surface area contributed by atoms with Gasteiger partial charge in [0, 0.05) is 24.2 Å². The normalized spacial score (nSPS) is 12.6. The molecule has 0 atom stereocenters. The average molecular weight is 348 g/mol. The van der Waals surface area contributed by atoms with E-state index < -0.39 is 0 Å². The van der Waals surface area contributed by atoms with Gasteiger partial charge >= 0.3 is 0 Å². The van der Waals surface area contributed by atoms with Crippen molar-refractivity contribution in [3.63, 3.8) is 0 Å². The van der Waals surface area contributed by atoms with E-state index in [1.54, 1.807) is 6.20 Å². The number of fused-ring (bicyclic) bond motifs is 2. The van der Waals surface area contributed by atoms with Crippen LogP contribution in [0, 0.1) is 0 Å². The van der Waals surface area contributed by atoms with Crippen LogP contribution in [0.15, 0.2) is 54.7 Å². The first-order valence-electron chi connectivity index (χ1n) is 8.66. The summed E-state index contributed by atoms with van der Waals surface area (Å²) in [4.78, 5) is 19.3. The molecule has 3 aromatic rings. The van der Waals surface area contributed by atoms with Gasteiger partial charge in [-0.1, -0.05) is 24.3 Å². The van der Waals surface area contributed by atoms with Crippen LogP contribution in [0.4, 0.5) is 0 Å². The van der Waals surface area contributed by atoms with E-state index in [1.807, 2.05) is 67.3 Å². The smallest absolute Gasteiger partial charge is 0.255 e. The van der Waals surface area contributed by atoms with Crippen LogP contribution in [0.3, 0.4) is 0 Å². The molecule has 4 rings (SSSR count). The second-order valence-electron chi connectivity index (χ2n) is 6.63. The monoisotopic (exact) mass is 348 g/mol. The molecule has 0 radical (unpaired) electrons. The third-order valence-electron chi connectivity index (χ3n) is 4.51. The van der Waals surface area contributed by atoms with Crippen LogP contribution in [0.5, 0.6) is 11.5 Å². The molecule has 1 aromatic heterocycles. The molecule has 0 saturated heterocycles. The summed E-state index contributed by atoms with van der Waals surface area (Å²) >= 11 is 0. The van der Waals surface area contributed by atoms with Gasteiger partial charge in [-0.15, -0.1) is 0 Å². The molecule has 0 bridgehead atoms. The summed E-state index contributed by atoms with van der Waals surface area (Å²) in [5, 5.41) is 0.963. The van der Waals surface area contributed by atoms with E-state index in [-0.39, 0.29) is 18.7 Å². The zero-order valence-electron chi connectivity index (χ0n) is 14.8. The average Bonchev–Trinajstić information content (AvgIpc) is 3.12. The molecular weight excluding hydrogens is 328 g/mol. The molecule has 0 unspecified atom stereocenters. The lowest BCUT2D eigenvalue weighted by Gasteiger charge is -2.27. The molecule has 132 valence electrons. The van der Waals surface area contributed by atoms with Gasteiger partial charge in [-0.2, -0.15) is 0 Å². The molecule has 5 heteroatoms. The van der Waals surface area contributed by atoms with Gasteiger partial charge < -0.3 is 14.4 Å². The number of carbonyl (C=O) groups is 1. The summed E-state index contributed by atoms with van der Waals surface area (Å²) in [6, 6.07) is 15.5. The van der Waals surface area contributed by atoms with E-state index >= 15 is 0 Å². The van der Waals surface area contributed by atoms with Crippen LogP contribution in [0.25, 0.3) is 10.9 Å². The summed E-state index contributed by atoms with van der Waals surface area (Å²) in [5.41, 5.74) is 2.49. The van der Waals surface area contributed by atoms with Gasteiger partial charge in [0.1, 0.15) is 0 Å². The minimum Gasteiger partial charge on any atom is -0.454 e. The fraction of sp³-hybridized carbons (Fsp3) is 0.238. The Balaban J connectivity index is 1.61. The number of nitrogens with zero attached hydrogens (tertiary/aromatic N) is 2. The maximum absolute atomic E-state index is 13.1. The van der Waals surface area contributed by atoms with E-state index in [2.05, 4.69) is 4.98 Å². The van der Waals surface area contributed by atoms with E-state index in [1.165, 1.54) is 0 Å². The molecule has 0 spiro atoms. The van der Waals surface area contributed by atoms with E-state index in [0.29, 0.717) is 12.1 Å². The maximum atomic E-state index is 13.1. The summed E-state index contributed by atoms with van der Waals surface area (Å²) in [6.07, 6.45) is 1.65. The number of rotatable bonds is 4. The van der Waals surface area contributed by atoms with Crippen molar-refractivity contribution in [1.82, 2.24) is 9.88 Å². The quantitative estimate of drug-likeness (QED) is 0.715. The highest BCUT2D eigenvalue weighted by Gasteiger charge is 2.21. The summed E-state index contributed by atoms with van der Waals surface area (Å²) in [6.45, 7) is 4.77. The molecular formula is C21H20N2O3. The molecule has 0 fully saturated rings. The van der Waals surface area contributed by atoms with Crippen molar-refractivity contribution in [2.75, 3.05) is 6.79 Å². The molecule has 1 aliphatic rings. The number of hydrogen-bond donors (Lipinski definition) is 0. The van der Waals surface area contributed by atoms with Crippen LogP contribution in [-0.4, -0.2) is 28.6 Å². The lowest BCUT2D eigenvalue weighted by atomic mass is 10.1. The van der Waals surface area contributed by atoms with Crippen molar-refractivity contribution in [2.24, 2.45) is 0 Å². The van der Waals surface area contributed by atoms with Gasteiger partial charge in [0.2, 0.25) is 6.79 Å². The van der Waals surface area contributed by atoms with E-state index in [0.717, 1.165) is 28.0 Å². The first kappa shape index (κ1) is 16.4. The van der Waals surface area contributed by atoms with Crippen LogP contribution in [0.1, 0.15) is 29.8 Å². The predicted octanol–water partition coefficient (Wildman–Crippen LogP) is 4.01. The summed E-state index contributed by atoms with van der Waals surface area (Å²) < 4.78 is 10.8. The second kappa shape index (κ2) is 6.67. The Hall–Kier alpha value is -3.08. The van der Waals surface area contributed by atoms with Crippen LogP contribution in [-0.2, 0) is 6.54 Å². The SMILES string of the molecule is CC(C)N(Cc1ccc2c(c1)OCO2)C(=O)c1cnc2ccccc2c1. The van der Waals surface area contributed by atoms with Crippen LogP contribution in [0.2, 0.25) is 0 Å². The summed E-state index contributed by atoms with van der Waals surface area (Å²) in [7, 11) is 0. The Morgan fingerprint density at radius 1 is 1.12 bits per heavy atom. The fourth-order valence-corrected chi connectivity index (χ4v) is 3.08. The number of hydrogen-bond acceptors (Lipinski definition) is 4. The Labute approximate surface area is 152 Å². The van der Waals surface area contributed by atoms with Crippen LogP contribution >= 0.6 is 0 Å². The van der Waals surface area contributed by atoms with Gasteiger partial charge in [0.15, 0.2) is 11.5 Å². The molecule has 0 saturated carbocycles. The Bertz CT molecular complexity index is 968. The van der Waals surface area contributed by atoms with Gasteiger partial charge in [0.25, 0.3) is 5.91 Å². The number of aromatic nitrogens is 1. The molecule has 1 aliphatic heterocycles. The van der Waals surface area contributed by atoms with Crippen molar-refractivity contribution >= 4 is 16.8 Å². The first-order chi connectivity index (χ1) is 12.6. The number of amides is 1. The number of pyridine rings is 1. The van der Waals surface area contributed by atoms with Crippen molar-refractivity contribution in [3.8, 4) is 11.5 Å². The molecule has 5 nitrogen and oxygen atoms in total. The lowest BCUT2D eigenvalue weighted by molar-refractivity contribution is 0.0690. The topological polar surface area (TPSA) is 51.7 Å². The highest BCUT2D eigenvalue weighted by molar-refractivity contribution is 5.97. The van der Waals surface area contributed by atoms with Gasteiger partial charge in [0.05, 0.1) is 11.1 Å². The highest BCUT2D eigenvalue weighted by Crippen LogP contribution is 2.33. The lowest BCUT2D eigenvalue weighted by Crippen LogP contribution is -2.36. The predicted molar refractivity (Wildman–Crippen MR) is 99.3 cm³/mol. The minimum atomic E-state index is -0.0316.